The first-order chi connectivity index (χ1) is 7.88. The van der Waals surface area contributed by atoms with E-state index in [0.717, 1.165) is 47.6 Å². The number of H-pyrrole nitrogens is 1. The molecule has 0 saturated carbocycles. The number of nitrogens with one attached hydrogen (secondary N) is 1. The van der Waals surface area contributed by atoms with Gasteiger partial charge in [-0.25, -0.2) is 0 Å². The van der Waals surface area contributed by atoms with E-state index >= 15 is 0 Å². The average molecular weight is 215 g/mol. The molecule has 16 heavy (non-hydrogen) atoms. The average Bonchev–Trinajstić information content (AvgIpc) is 2.77. The Morgan fingerprint density at radius 2 is 2.25 bits per heavy atom. The molecule has 0 amide bonds. The molecule has 5 nitrogen and oxygen atoms in total. The minimum atomic E-state index is 0.616. The standard InChI is InChI=1S/C11H13N5/c12-4-3-7-5-13-11-8-6-14-16-9(8)1-2-10(11)15-7/h5-6H,1-4,12H2,(H,14,16). The molecule has 2 heterocycles. The van der Waals surface area contributed by atoms with Crippen molar-refractivity contribution in [2.24, 2.45) is 5.73 Å². The molecule has 3 N–H and O–H groups in total. The molecule has 2 aromatic rings. The van der Waals surface area contributed by atoms with Gasteiger partial charge >= 0.3 is 0 Å². The van der Waals surface area contributed by atoms with E-state index in [-0.39, 0.29) is 0 Å². The maximum absolute atomic E-state index is 5.51. The zero-order chi connectivity index (χ0) is 11.0. The Morgan fingerprint density at radius 1 is 1.31 bits per heavy atom. The van der Waals surface area contributed by atoms with Crippen LogP contribution in [0, 0.1) is 0 Å². The molecular formula is C11H13N5. The number of aryl methyl sites for hydroxylation is 2. The second-order valence-corrected chi connectivity index (χ2v) is 3.96. The van der Waals surface area contributed by atoms with Crippen LogP contribution in [0.1, 0.15) is 17.1 Å². The van der Waals surface area contributed by atoms with Crippen molar-refractivity contribution in [2.45, 2.75) is 19.3 Å². The van der Waals surface area contributed by atoms with E-state index in [1.165, 1.54) is 0 Å². The summed E-state index contributed by atoms with van der Waals surface area (Å²) in [6, 6.07) is 0. The van der Waals surface area contributed by atoms with E-state index in [9.17, 15) is 0 Å². The van der Waals surface area contributed by atoms with Crippen LogP contribution in [-0.4, -0.2) is 26.7 Å². The Morgan fingerprint density at radius 3 is 3.12 bits per heavy atom. The molecule has 0 aromatic carbocycles. The summed E-state index contributed by atoms with van der Waals surface area (Å²) < 4.78 is 0. The van der Waals surface area contributed by atoms with Gasteiger partial charge in [0.05, 0.1) is 23.3 Å². The van der Waals surface area contributed by atoms with Gasteiger partial charge in [-0.05, 0) is 19.4 Å². The fraction of sp³-hybridized carbons (Fsp3) is 0.364. The van der Waals surface area contributed by atoms with Crippen molar-refractivity contribution in [3.05, 3.63) is 29.5 Å². The molecular weight excluding hydrogens is 202 g/mol. The van der Waals surface area contributed by atoms with E-state index in [0.29, 0.717) is 6.54 Å². The fourth-order valence-corrected chi connectivity index (χ4v) is 2.09. The van der Waals surface area contributed by atoms with Gasteiger partial charge in [-0.2, -0.15) is 5.10 Å². The van der Waals surface area contributed by atoms with Crippen LogP contribution in [-0.2, 0) is 19.3 Å². The van der Waals surface area contributed by atoms with E-state index in [1.54, 1.807) is 0 Å². The number of rotatable bonds is 2. The van der Waals surface area contributed by atoms with E-state index in [2.05, 4.69) is 20.2 Å². The quantitative estimate of drug-likeness (QED) is 0.763. The second-order valence-electron chi connectivity index (χ2n) is 3.96. The third kappa shape index (κ3) is 1.40. The molecule has 0 saturated heterocycles. The molecule has 1 aliphatic rings. The van der Waals surface area contributed by atoms with Crippen LogP contribution < -0.4 is 5.73 Å². The molecule has 0 aliphatic heterocycles. The molecule has 0 spiro atoms. The fourth-order valence-electron chi connectivity index (χ4n) is 2.09. The number of fused-ring (bicyclic) bond motifs is 3. The summed E-state index contributed by atoms with van der Waals surface area (Å²) in [5.41, 5.74) is 10.8. The Balaban J connectivity index is 2.07. The first-order valence-corrected chi connectivity index (χ1v) is 5.46. The summed E-state index contributed by atoms with van der Waals surface area (Å²) in [5, 5.41) is 7.05. The van der Waals surface area contributed by atoms with Gasteiger partial charge in [0.25, 0.3) is 0 Å². The predicted octanol–water partition coefficient (Wildman–Crippen LogP) is 0.466. The van der Waals surface area contributed by atoms with Crippen LogP contribution in [0.3, 0.4) is 0 Å². The molecule has 0 fully saturated rings. The molecule has 0 unspecified atom stereocenters. The predicted molar refractivity (Wildman–Crippen MR) is 59.8 cm³/mol. The molecule has 5 heteroatoms. The van der Waals surface area contributed by atoms with Gasteiger partial charge in [-0.3, -0.25) is 15.1 Å². The summed E-state index contributed by atoms with van der Waals surface area (Å²) in [5.74, 6) is 0. The normalized spacial score (nSPS) is 13.3. The van der Waals surface area contributed by atoms with Gasteiger partial charge in [-0.15, -0.1) is 0 Å². The van der Waals surface area contributed by atoms with Gasteiger partial charge in [-0.1, -0.05) is 0 Å². The van der Waals surface area contributed by atoms with Crippen molar-refractivity contribution in [1.29, 1.82) is 0 Å². The number of nitrogens with zero attached hydrogens (tertiary/aromatic N) is 3. The van der Waals surface area contributed by atoms with Crippen LogP contribution >= 0.6 is 0 Å². The molecule has 2 aromatic heterocycles. The Labute approximate surface area is 93.1 Å². The number of aromatic nitrogens is 4. The largest absolute Gasteiger partial charge is 0.330 e. The van der Waals surface area contributed by atoms with E-state index in [1.807, 2.05) is 12.4 Å². The van der Waals surface area contributed by atoms with Crippen LogP contribution in [0.5, 0.6) is 0 Å². The summed E-state index contributed by atoms with van der Waals surface area (Å²) >= 11 is 0. The molecule has 1 aliphatic carbocycles. The first kappa shape index (κ1) is 9.47. The summed E-state index contributed by atoms with van der Waals surface area (Å²) in [6.45, 7) is 0.616. The van der Waals surface area contributed by atoms with Crippen molar-refractivity contribution in [2.75, 3.05) is 6.54 Å². The second kappa shape index (κ2) is 3.68. The van der Waals surface area contributed by atoms with Crippen LogP contribution in [0.15, 0.2) is 12.4 Å². The highest BCUT2D eigenvalue weighted by atomic mass is 15.1. The van der Waals surface area contributed by atoms with Crippen LogP contribution in [0.4, 0.5) is 0 Å². The zero-order valence-corrected chi connectivity index (χ0v) is 8.90. The minimum absolute atomic E-state index is 0.616. The van der Waals surface area contributed by atoms with Crippen molar-refractivity contribution in [3.8, 4) is 11.3 Å². The zero-order valence-electron chi connectivity index (χ0n) is 8.90. The summed E-state index contributed by atoms with van der Waals surface area (Å²) in [4.78, 5) is 9.07. The summed E-state index contributed by atoms with van der Waals surface area (Å²) in [7, 11) is 0. The maximum Gasteiger partial charge on any atom is 0.0951 e. The topological polar surface area (TPSA) is 80.5 Å². The SMILES string of the molecule is NCCc1cnc2c(n1)CCc1[nH]ncc1-2. The van der Waals surface area contributed by atoms with Crippen molar-refractivity contribution >= 4 is 0 Å². The Kier molecular flexibility index (Phi) is 2.18. The van der Waals surface area contributed by atoms with Gasteiger partial charge < -0.3 is 5.73 Å². The maximum atomic E-state index is 5.51. The molecule has 0 bridgehead atoms. The van der Waals surface area contributed by atoms with Crippen molar-refractivity contribution in [1.82, 2.24) is 20.2 Å². The van der Waals surface area contributed by atoms with Crippen LogP contribution in [0.2, 0.25) is 0 Å². The molecule has 0 radical (unpaired) electrons. The number of aromatic amines is 1. The van der Waals surface area contributed by atoms with Crippen LogP contribution in [0.25, 0.3) is 11.3 Å². The molecule has 0 atom stereocenters. The Bertz CT molecular complexity index is 517. The lowest BCUT2D eigenvalue weighted by molar-refractivity contribution is 0.814. The van der Waals surface area contributed by atoms with Gasteiger partial charge in [0, 0.05) is 23.9 Å². The third-order valence-electron chi connectivity index (χ3n) is 2.88. The highest BCUT2D eigenvalue weighted by Crippen LogP contribution is 2.28. The highest BCUT2D eigenvalue weighted by molar-refractivity contribution is 5.65. The number of nitrogens with two attached hydrogens (primary N) is 1. The minimum Gasteiger partial charge on any atom is -0.330 e. The van der Waals surface area contributed by atoms with Crippen molar-refractivity contribution < 1.29 is 0 Å². The van der Waals surface area contributed by atoms with Gasteiger partial charge in [0.15, 0.2) is 0 Å². The number of hydrogen-bond donors (Lipinski definition) is 2. The Hall–Kier alpha value is -1.75. The molecule has 3 rings (SSSR count). The van der Waals surface area contributed by atoms with Crippen molar-refractivity contribution in [3.63, 3.8) is 0 Å². The third-order valence-corrected chi connectivity index (χ3v) is 2.88. The lowest BCUT2D eigenvalue weighted by atomic mass is 9.98. The summed E-state index contributed by atoms with van der Waals surface area (Å²) in [6.07, 6.45) is 6.32. The van der Waals surface area contributed by atoms with E-state index < -0.39 is 0 Å². The lowest BCUT2D eigenvalue weighted by Gasteiger charge is -2.14. The van der Waals surface area contributed by atoms with Gasteiger partial charge in [0.1, 0.15) is 0 Å². The molecule has 82 valence electrons. The highest BCUT2D eigenvalue weighted by Gasteiger charge is 2.20. The number of hydrogen-bond acceptors (Lipinski definition) is 4. The van der Waals surface area contributed by atoms with E-state index in [4.69, 9.17) is 5.73 Å². The van der Waals surface area contributed by atoms with Gasteiger partial charge in [0.2, 0.25) is 0 Å². The monoisotopic (exact) mass is 215 g/mol. The first-order valence-electron chi connectivity index (χ1n) is 5.46. The smallest absolute Gasteiger partial charge is 0.0951 e. The lowest BCUT2D eigenvalue weighted by Crippen LogP contribution is -2.11.